The molecule has 1 N–H and O–H groups in total. The molecule has 4 aliphatic carbocycles. The van der Waals surface area contributed by atoms with Crippen molar-refractivity contribution in [1.82, 2.24) is 5.32 Å². The summed E-state index contributed by atoms with van der Waals surface area (Å²) in [4.78, 5) is 39.6. The van der Waals surface area contributed by atoms with Gasteiger partial charge in [0.25, 0.3) is 0 Å². The van der Waals surface area contributed by atoms with Crippen molar-refractivity contribution in [2.75, 3.05) is 13.2 Å². The smallest absolute Gasteiger partial charge is 0.460 e. The van der Waals surface area contributed by atoms with Crippen LogP contribution in [0.25, 0.3) is 0 Å². The zero-order chi connectivity index (χ0) is 36.3. The molecule has 7 heteroatoms. The van der Waals surface area contributed by atoms with Crippen LogP contribution in [0, 0.1) is 57.2 Å². The molecule has 9 atom stereocenters. The van der Waals surface area contributed by atoms with Crippen LogP contribution in [0.2, 0.25) is 0 Å². The van der Waals surface area contributed by atoms with Gasteiger partial charge in [-0.1, -0.05) is 91.6 Å². The second-order valence-electron chi connectivity index (χ2n) is 17.9. The number of hydrogen-bond donors (Lipinski definition) is 1. The van der Waals surface area contributed by atoms with Crippen LogP contribution in [-0.2, 0) is 30.4 Å². The Bertz CT molecular complexity index is 1330. The van der Waals surface area contributed by atoms with Crippen LogP contribution in [-0.4, -0.2) is 37.3 Å². The predicted molar refractivity (Wildman–Crippen MR) is 197 cm³/mol. The standard InChI is InChI=1S/C43H67NO6/c1-9-11-17-35(50-39(47)48-10-2)40(5,6)31-20-22-41(7)32(26-31)18-19-34-37-33(29(3)4)21-23-43(37,25-24-42(34,41)8)38(46)44-27-36(45)49-28-30-15-13-12-14-16-30/h12-16,29,31-35,37H,9-11,17-28H2,1-8H3,(H,44,46)/t31-,32-,33+,34?,35-,37+,41-,42-,43+/m1/s1. The van der Waals surface area contributed by atoms with Crippen molar-refractivity contribution in [3.63, 3.8) is 0 Å². The largest absolute Gasteiger partial charge is 0.508 e. The van der Waals surface area contributed by atoms with E-state index in [1.165, 1.54) is 12.8 Å². The number of ether oxygens (including phenoxy) is 3. The zero-order valence-electron chi connectivity index (χ0n) is 32.5. The van der Waals surface area contributed by atoms with Gasteiger partial charge in [-0.15, -0.1) is 0 Å². The van der Waals surface area contributed by atoms with Gasteiger partial charge in [0.15, 0.2) is 0 Å². The van der Waals surface area contributed by atoms with Crippen LogP contribution < -0.4 is 5.32 Å². The van der Waals surface area contributed by atoms with Crippen LogP contribution in [0.3, 0.4) is 0 Å². The molecule has 5 rings (SSSR count). The molecule has 0 bridgehead atoms. The Morgan fingerprint density at radius 3 is 2.34 bits per heavy atom. The topological polar surface area (TPSA) is 90.9 Å². The molecule has 0 aliphatic heterocycles. The molecule has 50 heavy (non-hydrogen) atoms. The third-order valence-corrected chi connectivity index (χ3v) is 15.1. The lowest BCUT2D eigenvalue weighted by molar-refractivity contribution is -0.196. The number of carbonyl (C=O) groups excluding carboxylic acids is 3. The Hall–Kier alpha value is -2.57. The number of benzene rings is 1. The molecule has 0 heterocycles. The Labute approximate surface area is 302 Å². The van der Waals surface area contributed by atoms with Crippen LogP contribution in [0.1, 0.15) is 138 Å². The Balaban J connectivity index is 1.31. The number of nitrogens with one attached hydrogen (secondary N) is 1. The van der Waals surface area contributed by atoms with E-state index >= 15 is 0 Å². The van der Waals surface area contributed by atoms with Crippen molar-refractivity contribution < 1.29 is 28.6 Å². The zero-order valence-corrected chi connectivity index (χ0v) is 32.5. The first kappa shape index (κ1) is 38.7. The molecule has 4 aliphatic rings. The van der Waals surface area contributed by atoms with E-state index in [-0.39, 0.29) is 47.4 Å². The Morgan fingerprint density at radius 1 is 0.920 bits per heavy atom. The van der Waals surface area contributed by atoms with Gasteiger partial charge in [0.1, 0.15) is 19.3 Å². The molecule has 1 aromatic carbocycles. The highest BCUT2D eigenvalue weighted by molar-refractivity contribution is 5.87. The van der Waals surface area contributed by atoms with Gasteiger partial charge in [0.05, 0.1) is 12.0 Å². The third kappa shape index (κ3) is 7.22. The molecule has 1 unspecified atom stereocenters. The molecule has 0 radical (unpaired) electrons. The fraction of sp³-hybridized carbons (Fsp3) is 0.791. The molecule has 0 aromatic heterocycles. The summed E-state index contributed by atoms with van der Waals surface area (Å²) in [7, 11) is 0. The highest BCUT2D eigenvalue weighted by Crippen LogP contribution is 2.74. The maximum absolute atomic E-state index is 14.3. The first-order valence-corrected chi connectivity index (χ1v) is 20.0. The number of unbranched alkanes of at least 4 members (excludes halogenated alkanes) is 1. The minimum atomic E-state index is -0.537. The van der Waals surface area contributed by atoms with E-state index in [1.807, 2.05) is 37.3 Å². The Morgan fingerprint density at radius 2 is 1.66 bits per heavy atom. The highest BCUT2D eigenvalue weighted by atomic mass is 16.7. The lowest BCUT2D eigenvalue weighted by Crippen LogP contribution is -2.63. The van der Waals surface area contributed by atoms with Gasteiger partial charge in [-0.2, -0.15) is 0 Å². The fourth-order valence-corrected chi connectivity index (χ4v) is 11.8. The first-order chi connectivity index (χ1) is 23.7. The van der Waals surface area contributed by atoms with E-state index < -0.39 is 11.6 Å². The van der Waals surface area contributed by atoms with E-state index in [1.54, 1.807) is 0 Å². The molecule has 0 saturated heterocycles. The summed E-state index contributed by atoms with van der Waals surface area (Å²) in [5, 5.41) is 3.09. The summed E-state index contributed by atoms with van der Waals surface area (Å²) in [5.74, 6) is 2.59. The van der Waals surface area contributed by atoms with Crippen LogP contribution in [0.15, 0.2) is 30.3 Å². The SMILES string of the molecule is CCCC[C@@H](OC(=O)OCC)C(C)(C)[C@@H]1CC[C@]2(C)[C@H](CCC3[C@@H]4[C@H](C(C)C)CC[C@]4(C(=O)NCC(=O)OCc4ccccc4)CC[C@]32C)C1. The second kappa shape index (κ2) is 15.6. The van der Waals surface area contributed by atoms with Gasteiger partial charge in [-0.05, 0) is 123 Å². The molecule has 1 amide bonds. The molecular weight excluding hydrogens is 626 g/mol. The second-order valence-corrected chi connectivity index (χ2v) is 17.9. The summed E-state index contributed by atoms with van der Waals surface area (Å²) in [5.41, 5.74) is 0.720. The molecule has 1 aromatic rings. The number of hydrogen-bond acceptors (Lipinski definition) is 6. The van der Waals surface area contributed by atoms with Gasteiger partial charge < -0.3 is 19.5 Å². The van der Waals surface area contributed by atoms with Gasteiger partial charge >= 0.3 is 12.1 Å². The summed E-state index contributed by atoms with van der Waals surface area (Å²) in [6.45, 7) is 19.0. The number of carbonyl (C=O) groups is 3. The summed E-state index contributed by atoms with van der Waals surface area (Å²) < 4.78 is 16.8. The fourth-order valence-electron chi connectivity index (χ4n) is 11.8. The number of amides is 1. The van der Waals surface area contributed by atoms with Crippen molar-refractivity contribution >= 4 is 18.0 Å². The van der Waals surface area contributed by atoms with E-state index in [2.05, 4.69) is 53.8 Å². The Kier molecular flexibility index (Phi) is 12.0. The minimum Gasteiger partial charge on any atom is -0.460 e. The van der Waals surface area contributed by atoms with Gasteiger partial charge in [-0.3, -0.25) is 9.59 Å². The van der Waals surface area contributed by atoms with Crippen molar-refractivity contribution in [3.8, 4) is 0 Å². The quantitative estimate of drug-likeness (QED) is 0.207. The van der Waals surface area contributed by atoms with Crippen molar-refractivity contribution in [2.24, 2.45) is 57.2 Å². The average Bonchev–Trinajstić information content (AvgIpc) is 3.50. The molecule has 4 saturated carbocycles. The van der Waals surface area contributed by atoms with E-state index in [0.717, 1.165) is 69.8 Å². The predicted octanol–water partition coefficient (Wildman–Crippen LogP) is 9.91. The molecule has 7 nitrogen and oxygen atoms in total. The summed E-state index contributed by atoms with van der Waals surface area (Å²) >= 11 is 0. The minimum absolute atomic E-state index is 0.0711. The third-order valence-electron chi connectivity index (χ3n) is 15.1. The van der Waals surface area contributed by atoms with Crippen LogP contribution >= 0.6 is 0 Å². The average molecular weight is 694 g/mol. The molecule has 4 fully saturated rings. The number of rotatable bonds is 13. The van der Waals surface area contributed by atoms with Gasteiger partial charge in [-0.25, -0.2) is 4.79 Å². The molecule has 0 spiro atoms. The first-order valence-electron chi connectivity index (χ1n) is 20.0. The maximum Gasteiger partial charge on any atom is 0.508 e. The number of fused-ring (bicyclic) bond motifs is 5. The maximum atomic E-state index is 14.3. The van der Waals surface area contributed by atoms with Gasteiger partial charge in [0, 0.05) is 5.41 Å². The van der Waals surface area contributed by atoms with Crippen molar-refractivity contribution in [3.05, 3.63) is 35.9 Å². The monoisotopic (exact) mass is 693 g/mol. The molecular formula is C43H67NO6. The van der Waals surface area contributed by atoms with Crippen LogP contribution in [0.5, 0.6) is 0 Å². The van der Waals surface area contributed by atoms with E-state index in [4.69, 9.17) is 14.2 Å². The van der Waals surface area contributed by atoms with Gasteiger partial charge in [0.2, 0.25) is 5.91 Å². The summed E-state index contributed by atoms with van der Waals surface area (Å²) in [6, 6.07) is 9.68. The van der Waals surface area contributed by atoms with Crippen molar-refractivity contribution in [2.45, 2.75) is 145 Å². The lowest BCUT2D eigenvalue weighted by atomic mass is 9.37. The van der Waals surface area contributed by atoms with E-state index in [9.17, 15) is 14.4 Å². The normalized spacial score (nSPS) is 34.1. The lowest BCUT2D eigenvalue weighted by Gasteiger charge is -2.68. The van der Waals surface area contributed by atoms with E-state index in [0.29, 0.717) is 42.1 Å². The van der Waals surface area contributed by atoms with Crippen molar-refractivity contribution in [1.29, 1.82) is 0 Å². The number of esters is 1. The summed E-state index contributed by atoms with van der Waals surface area (Å²) in [6.07, 6.45) is 12.0. The molecule has 280 valence electrons. The highest BCUT2D eigenvalue weighted by Gasteiger charge is 2.68. The van der Waals surface area contributed by atoms with Crippen LogP contribution in [0.4, 0.5) is 4.79 Å².